The van der Waals surface area contributed by atoms with E-state index in [9.17, 15) is 5.11 Å². The Morgan fingerprint density at radius 2 is 2.12 bits per heavy atom. The highest BCUT2D eigenvalue weighted by Gasteiger charge is 2.36. The monoisotopic (exact) mass is 234 g/mol. The molecule has 0 bridgehead atoms. The van der Waals surface area contributed by atoms with Gasteiger partial charge in [0.2, 0.25) is 0 Å². The second kappa shape index (κ2) is 5.09. The molecular weight excluding hydrogens is 212 g/mol. The number of benzene rings is 1. The van der Waals surface area contributed by atoms with Crippen LogP contribution in [0.5, 0.6) is 5.75 Å². The number of hydrogen-bond donors (Lipinski definition) is 1. The molecule has 2 nitrogen and oxygen atoms in total. The molecule has 0 aliphatic heterocycles. The fourth-order valence-corrected chi connectivity index (χ4v) is 2.84. The predicted molar refractivity (Wildman–Crippen MR) is 69.3 cm³/mol. The summed E-state index contributed by atoms with van der Waals surface area (Å²) in [5.41, 5.74) is 0.568. The van der Waals surface area contributed by atoms with Gasteiger partial charge in [-0.25, -0.2) is 0 Å². The van der Waals surface area contributed by atoms with Crippen molar-refractivity contribution >= 4 is 0 Å². The number of para-hydroxylation sites is 1. The van der Waals surface area contributed by atoms with E-state index in [1.807, 2.05) is 18.2 Å². The van der Waals surface area contributed by atoms with E-state index in [1.54, 1.807) is 7.11 Å². The highest BCUT2D eigenvalue weighted by atomic mass is 16.5. The van der Waals surface area contributed by atoms with Crippen LogP contribution in [-0.4, -0.2) is 17.8 Å². The molecule has 0 spiro atoms. The van der Waals surface area contributed by atoms with Crippen LogP contribution in [0.1, 0.15) is 38.2 Å². The first-order valence-corrected chi connectivity index (χ1v) is 6.50. The third-order valence-electron chi connectivity index (χ3n) is 4.10. The van der Waals surface area contributed by atoms with E-state index in [1.165, 1.54) is 6.42 Å². The molecule has 1 aliphatic rings. The fourth-order valence-electron chi connectivity index (χ4n) is 2.84. The van der Waals surface area contributed by atoms with Crippen LogP contribution >= 0.6 is 0 Å². The summed E-state index contributed by atoms with van der Waals surface area (Å²) >= 11 is 0. The van der Waals surface area contributed by atoms with Crippen molar-refractivity contribution in [1.29, 1.82) is 0 Å². The highest BCUT2D eigenvalue weighted by molar-refractivity contribution is 5.34. The maximum Gasteiger partial charge on any atom is 0.122 e. The van der Waals surface area contributed by atoms with Gasteiger partial charge >= 0.3 is 0 Å². The average molecular weight is 234 g/mol. The molecule has 0 heterocycles. The molecule has 0 radical (unpaired) electrons. The van der Waals surface area contributed by atoms with E-state index in [4.69, 9.17) is 4.74 Å². The molecule has 1 aromatic carbocycles. The fraction of sp³-hybridized carbons (Fsp3) is 0.600. The van der Waals surface area contributed by atoms with Crippen molar-refractivity contribution in [2.75, 3.05) is 7.11 Å². The Labute approximate surface area is 104 Å². The van der Waals surface area contributed by atoms with Gasteiger partial charge in [0, 0.05) is 6.42 Å². The Bertz CT molecular complexity index is 375. The normalized spacial score (nSPS) is 29.0. The summed E-state index contributed by atoms with van der Waals surface area (Å²) in [6, 6.07) is 8.00. The molecule has 0 aromatic heterocycles. The molecule has 2 rings (SSSR count). The van der Waals surface area contributed by atoms with Crippen LogP contribution in [0.2, 0.25) is 0 Å². The lowest BCUT2D eigenvalue weighted by molar-refractivity contribution is -0.0408. The van der Waals surface area contributed by atoms with Crippen LogP contribution in [0.3, 0.4) is 0 Å². The number of ether oxygens (including phenoxy) is 1. The first kappa shape index (κ1) is 12.4. The van der Waals surface area contributed by atoms with Gasteiger partial charge in [-0.05, 0) is 30.4 Å². The van der Waals surface area contributed by atoms with Gasteiger partial charge in [0.15, 0.2) is 0 Å². The number of rotatable bonds is 3. The van der Waals surface area contributed by atoms with E-state index in [0.717, 1.165) is 30.6 Å². The lowest BCUT2D eigenvalue weighted by atomic mass is 9.73. The smallest absolute Gasteiger partial charge is 0.122 e. The zero-order valence-electron chi connectivity index (χ0n) is 10.8. The summed E-state index contributed by atoms with van der Waals surface area (Å²) in [5, 5.41) is 10.8. The van der Waals surface area contributed by atoms with Crippen molar-refractivity contribution < 1.29 is 9.84 Å². The molecule has 94 valence electrons. The third kappa shape index (κ3) is 2.63. The van der Waals surface area contributed by atoms with Crippen LogP contribution in [0.25, 0.3) is 0 Å². The van der Waals surface area contributed by atoms with Crippen molar-refractivity contribution in [2.24, 2.45) is 5.92 Å². The quantitative estimate of drug-likeness (QED) is 0.870. The van der Waals surface area contributed by atoms with Crippen LogP contribution in [0.15, 0.2) is 24.3 Å². The standard InChI is InChI=1S/C15H22O2/c1-12-7-5-6-10-15(12,16)11-13-8-3-4-9-14(13)17-2/h3-4,8-9,12,16H,5-7,10-11H2,1-2H3. The average Bonchev–Trinajstić information content (AvgIpc) is 2.34. The minimum absolute atomic E-state index is 0.376. The van der Waals surface area contributed by atoms with E-state index in [2.05, 4.69) is 13.0 Å². The summed E-state index contributed by atoms with van der Waals surface area (Å²) < 4.78 is 5.36. The van der Waals surface area contributed by atoms with E-state index in [0.29, 0.717) is 12.3 Å². The van der Waals surface area contributed by atoms with Crippen molar-refractivity contribution in [2.45, 2.75) is 44.6 Å². The van der Waals surface area contributed by atoms with Gasteiger partial charge in [0.05, 0.1) is 12.7 Å². The second-order valence-electron chi connectivity index (χ2n) is 5.24. The molecule has 2 atom stereocenters. The molecule has 0 saturated heterocycles. The van der Waals surface area contributed by atoms with Gasteiger partial charge in [0.1, 0.15) is 5.75 Å². The predicted octanol–water partition coefficient (Wildman–Crippen LogP) is 3.18. The summed E-state index contributed by atoms with van der Waals surface area (Å²) in [6.45, 7) is 2.16. The van der Waals surface area contributed by atoms with Crippen molar-refractivity contribution in [1.82, 2.24) is 0 Å². The first-order chi connectivity index (χ1) is 8.15. The lowest BCUT2D eigenvalue weighted by Crippen LogP contribution is -2.41. The van der Waals surface area contributed by atoms with Crippen LogP contribution in [0.4, 0.5) is 0 Å². The van der Waals surface area contributed by atoms with Crippen molar-refractivity contribution in [3.63, 3.8) is 0 Å². The molecule has 1 saturated carbocycles. The summed E-state index contributed by atoms with van der Waals surface area (Å²) in [6.07, 6.45) is 5.13. The Morgan fingerprint density at radius 3 is 2.82 bits per heavy atom. The zero-order chi connectivity index (χ0) is 12.3. The molecule has 1 N–H and O–H groups in total. The van der Waals surface area contributed by atoms with Gasteiger partial charge in [-0.15, -0.1) is 0 Å². The van der Waals surface area contributed by atoms with E-state index >= 15 is 0 Å². The highest BCUT2D eigenvalue weighted by Crippen LogP contribution is 2.37. The molecule has 1 aromatic rings. The summed E-state index contributed by atoms with van der Waals surface area (Å²) in [4.78, 5) is 0. The lowest BCUT2D eigenvalue weighted by Gasteiger charge is -2.38. The number of hydrogen-bond acceptors (Lipinski definition) is 2. The maximum absolute atomic E-state index is 10.8. The number of aliphatic hydroxyl groups is 1. The molecule has 2 heteroatoms. The van der Waals surface area contributed by atoms with E-state index < -0.39 is 5.60 Å². The van der Waals surface area contributed by atoms with Crippen LogP contribution < -0.4 is 4.74 Å². The number of methoxy groups -OCH3 is 1. The first-order valence-electron chi connectivity index (χ1n) is 6.50. The topological polar surface area (TPSA) is 29.5 Å². The Kier molecular flexibility index (Phi) is 3.72. The Balaban J connectivity index is 2.18. The molecule has 1 aliphatic carbocycles. The Morgan fingerprint density at radius 1 is 1.35 bits per heavy atom. The van der Waals surface area contributed by atoms with Gasteiger partial charge in [-0.3, -0.25) is 0 Å². The molecule has 0 amide bonds. The second-order valence-corrected chi connectivity index (χ2v) is 5.24. The summed E-state index contributed by atoms with van der Waals surface area (Å²) in [7, 11) is 1.69. The minimum atomic E-state index is -0.549. The molecule has 17 heavy (non-hydrogen) atoms. The molecular formula is C15H22O2. The SMILES string of the molecule is COc1ccccc1CC1(O)CCCCC1C. The molecule has 1 fully saturated rings. The van der Waals surface area contributed by atoms with Crippen LogP contribution in [0, 0.1) is 5.92 Å². The van der Waals surface area contributed by atoms with Gasteiger partial charge in [0.25, 0.3) is 0 Å². The Hall–Kier alpha value is -1.02. The van der Waals surface area contributed by atoms with Crippen molar-refractivity contribution in [3.8, 4) is 5.75 Å². The minimum Gasteiger partial charge on any atom is -0.496 e. The third-order valence-corrected chi connectivity index (χ3v) is 4.10. The van der Waals surface area contributed by atoms with Gasteiger partial charge in [-0.2, -0.15) is 0 Å². The largest absolute Gasteiger partial charge is 0.496 e. The van der Waals surface area contributed by atoms with Crippen molar-refractivity contribution in [3.05, 3.63) is 29.8 Å². The van der Waals surface area contributed by atoms with E-state index in [-0.39, 0.29) is 0 Å². The zero-order valence-corrected chi connectivity index (χ0v) is 10.8. The maximum atomic E-state index is 10.8. The molecule has 2 unspecified atom stereocenters. The van der Waals surface area contributed by atoms with Crippen LogP contribution in [-0.2, 0) is 6.42 Å². The van der Waals surface area contributed by atoms with Gasteiger partial charge in [-0.1, -0.05) is 38.0 Å². The van der Waals surface area contributed by atoms with Gasteiger partial charge < -0.3 is 9.84 Å². The summed E-state index contributed by atoms with van der Waals surface area (Å²) in [5.74, 6) is 1.26.